The summed E-state index contributed by atoms with van der Waals surface area (Å²) in [6.45, 7) is -1.56. The summed E-state index contributed by atoms with van der Waals surface area (Å²) >= 11 is 3.08. The van der Waals surface area contributed by atoms with Gasteiger partial charge in [-0.3, -0.25) is 0 Å². The second-order valence-electron chi connectivity index (χ2n) is 3.56. The quantitative estimate of drug-likeness (QED) is 0.853. The summed E-state index contributed by atoms with van der Waals surface area (Å²) in [5, 5.41) is 0. The van der Waals surface area contributed by atoms with Crippen LogP contribution in [-0.2, 0) is 10.0 Å². The Morgan fingerprint density at radius 2 is 1.94 bits per heavy atom. The molecule has 0 saturated carbocycles. The summed E-state index contributed by atoms with van der Waals surface area (Å²) in [6.07, 6.45) is -4.61. The van der Waals surface area contributed by atoms with E-state index in [-0.39, 0.29) is 14.9 Å². The van der Waals surface area contributed by atoms with Crippen LogP contribution in [0.25, 0.3) is 0 Å². The lowest BCUT2D eigenvalue weighted by atomic mass is 10.3. The van der Waals surface area contributed by atoms with Gasteiger partial charge in [-0.2, -0.15) is 17.5 Å². The van der Waals surface area contributed by atoms with Gasteiger partial charge in [-0.25, -0.2) is 8.42 Å². The van der Waals surface area contributed by atoms with E-state index >= 15 is 0 Å². The van der Waals surface area contributed by atoms with Crippen LogP contribution in [0, 0.1) is 0 Å². The van der Waals surface area contributed by atoms with E-state index in [4.69, 9.17) is 5.73 Å². The van der Waals surface area contributed by atoms with Gasteiger partial charge in [-0.05, 0) is 18.2 Å². The number of nitrogens with zero attached hydrogens (tertiary/aromatic N) is 1. The van der Waals surface area contributed by atoms with Gasteiger partial charge >= 0.3 is 6.18 Å². The second kappa shape index (κ2) is 5.06. The Morgan fingerprint density at radius 1 is 1.39 bits per heavy atom. The predicted molar refractivity (Wildman–Crippen MR) is 64.4 cm³/mol. The van der Waals surface area contributed by atoms with Crippen molar-refractivity contribution in [2.24, 2.45) is 0 Å². The van der Waals surface area contributed by atoms with Crippen LogP contribution in [0.3, 0.4) is 0 Å². The Labute approximate surface area is 111 Å². The molecule has 0 aromatic heterocycles. The topological polar surface area (TPSA) is 63.4 Å². The highest BCUT2D eigenvalue weighted by Gasteiger charge is 2.35. The molecule has 0 heterocycles. The second-order valence-corrected chi connectivity index (χ2v) is 6.49. The molecule has 0 radical (unpaired) electrons. The number of halogens is 4. The van der Waals surface area contributed by atoms with Gasteiger partial charge in [-0.15, -0.1) is 0 Å². The molecule has 4 nitrogen and oxygen atoms in total. The molecule has 1 aromatic carbocycles. The maximum atomic E-state index is 12.2. The molecule has 0 atom stereocenters. The summed E-state index contributed by atoms with van der Waals surface area (Å²) in [5.41, 5.74) is 5.38. The minimum absolute atomic E-state index is 0.113. The average molecular weight is 347 g/mol. The van der Waals surface area contributed by atoms with Crippen LogP contribution >= 0.6 is 15.9 Å². The zero-order valence-corrected chi connectivity index (χ0v) is 11.6. The van der Waals surface area contributed by atoms with Crippen LogP contribution in [0.4, 0.5) is 18.9 Å². The van der Waals surface area contributed by atoms with E-state index in [0.717, 1.165) is 13.1 Å². The largest absolute Gasteiger partial charge is 0.402 e. The maximum Gasteiger partial charge on any atom is 0.402 e. The molecule has 0 amide bonds. The number of nitrogens with two attached hydrogens (primary N) is 1. The number of benzene rings is 1. The fourth-order valence-electron chi connectivity index (χ4n) is 1.26. The van der Waals surface area contributed by atoms with Crippen molar-refractivity contribution in [2.45, 2.75) is 11.1 Å². The van der Waals surface area contributed by atoms with Gasteiger partial charge in [0, 0.05) is 11.5 Å². The van der Waals surface area contributed by atoms with Crippen LogP contribution in [-0.4, -0.2) is 32.5 Å². The Morgan fingerprint density at radius 3 is 2.39 bits per heavy atom. The third kappa shape index (κ3) is 3.59. The lowest BCUT2D eigenvalue weighted by Crippen LogP contribution is -2.36. The number of rotatable bonds is 3. The van der Waals surface area contributed by atoms with Gasteiger partial charge in [-0.1, -0.05) is 15.9 Å². The number of nitrogen functional groups attached to an aromatic ring is 1. The van der Waals surface area contributed by atoms with Crippen LogP contribution in [0.2, 0.25) is 0 Å². The lowest BCUT2D eigenvalue weighted by molar-refractivity contribution is -0.134. The molecular weight excluding hydrogens is 337 g/mol. The van der Waals surface area contributed by atoms with E-state index in [1.54, 1.807) is 0 Å². The van der Waals surface area contributed by atoms with Crippen molar-refractivity contribution in [1.29, 1.82) is 0 Å². The fraction of sp³-hybridized carbons (Fsp3) is 0.333. The molecule has 1 rings (SSSR count). The SMILES string of the molecule is CN(CC(F)(F)F)S(=O)(=O)c1ccc(Br)cc1N. The molecule has 0 aliphatic carbocycles. The van der Waals surface area contributed by atoms with E-state index in [2.05, 4.69) is 15.9 Å². The van der Waals surface area contributed by atoms with Crippen molar-refractivity contribution in [2.75, 3.05) is 19.3 Å². The van der Waals surface area contributed by atoms with Crippen LogP contribution in [0.15, 0.2) is 27.6 Å². The molecule has 0 unspecified atom stereocenters. The van der Waals surface area contributed by atoms with Gasteiger partial charge in [0.25, 0.3) is 0 Å². The Balaban J connectivity index is 3.14. The average Bonchev–Trinajstić information content (AvgIpc) is 2.13. The standard InChI is InChI=1S/C9H10BrF3N2O2S/c1-15(5-9(11,12)13)18(16,17)8-3-2-6(10)4-7(8)14/h2-4H,5,14H2,1H3. The summed E-state index contributed by atoms with van der Waals surface area (Å²) in [7, 11) is -3.40. The molecule has 0 bridgehead atoms. The molecule has 0 aliphatic heterocycles. The van der Waals surface area contributed by atoms with Crippen LogP contribution in [0.1, 0.15) is 0 Å². The summed E-state index contributed by atoms with van der Waals surface area (Å²) in [6, 6.07) is 3.86. The number of sulfonamides is 1. The minimum Gasteiger partial charge on any atom is -0.398 e. The monoisotopic (exact) mass is 346 g/mol. The molecule has 18 heavy (non-hydrogen) atoms. The van der Waals surface area contributed by atoms with E-state index in [1.807, 2.05) is 0 Å². The molecule has 9 heteroatoms. The van der Waals surface area contributed by atoms with Gasteiger partial charge in [0.2, 0.25) is 10.0 Å². The zero-order chi connectivity index (χ0) is 14.1. The van der Waals surface area contributed by atoms with Gasteiger partial charge in [0.1, 0.15) is 11.4 Å². The number of hydrogen-bond acceptors (Lipinski definition) is 3. The van der Waals surface area contributed by atoms with Crippen molar-refractivity contribution in [1.82, 2.24) is 4.31 Å². The van der Waals surface area contributed by atoms with E-state index in [1.165, 1.54) is 12.1 Å². The molecule has 0 fully saturated rings. The highest BCUT2D eigenvalue weighted by molar-refractivity contribution is 9.10. The van der Waals surface area contributed by atoms with E-state index in [0.29, 0.717) is 4.47 Å². The van der Waals surface area contributed by atoms with Crippen LogP contribution in [0.5, 0.6) is 0 Å². The number of hydrogen-bond donors (Lipinski definition) is 1. The van der Waals surface area contributed by atoms with Crippen molar-refractivity contribution in [3.63, 3.8) is 0 Å². The van der Waals surface area contributed by atoms with Crippen molar-refractivity contribution in [3.05, 3.63) is 22.7 Å². The normalized spacial score (nSPS) is 13.0. The third-order valence-corrected chi connectivity index (χ3v) is 4.43. The summed E-state index contributed by atoms with van der Waals surface area (Å²) < 4.78 is 61.0. The van der Waals surface area contributed by atoms with Crippen molar-refractivity contribution < 1.29 is 21.6 Å². The first-order chi connectivity index (χ1) is 8.04. The highest BCUT2D eigenvalue weighted by Crippen LogP contribution is 2.27. The third-order valence-electron chi connectivity index (χ3n) is 2.06. The molecular formula is C9H10BrF3N2O2S. The summed E-state index contributed by atoms with van der Waals surface area (Å²) in [5.74, 6) is 0. The number of alkyl halides is 3. The molecule has 0 spiro atoms. The van der Waals surface area contributed by atoms with E-state index in [9.17, 15) is 21.6 Å². The first kappa shape index (κ1) is 15.3. The Hall–Kier alpha value is -0.800. The van der Waals surface area contributed by atoms with Gasteiger partial charge in [0.15, 0.2) is 0 Å². The van der Waals surface area contributed by atoms with E-state index < -0.39 is 22.7 Å². The first-order valence-corrected chi connectivity index (χ1v) is 6.85. The lowest BCUT2D eigenvalue weighted by Gasteiger charge is -2.19. The zero-order valence-electron chi connectivity index (χ0n) is 9.20. The van der Waals surface area contributed by atoms with Crippen LogP contribution < -0.4 is 5.73 Å². The first-order valence-electron chi connectivity index (χ1n) is 4.62. The van der Waals surface area contributed by atoms with Crippen molar-refractivity contribution >= 4 is 31.6 Å². The molecule has 0 saturated heterocycles. The minimum atomic E-state index is -4.61. The predicted octanol–water partition coefficient (Wildman–Crippen LogP) is 2.21. The van der Waals surface area contributed by atoms with Crippen molar-refractivity contribution in [3.8, 4) is 0 Å². The van der Waals surface area contributed by atoms with Gasteiger partial charge in [0.05, 0.1) is 5.69 Å². The summed E-state index contributed by atoms with van der Waals surface area (Å²) in [4.78, 5) is -0.350. The molecule has 2 N–H and O–H groups in total. The fourth-order valence-corrected chi connectivity index (χ4v) is 2.89. The van der Waals surface area contributed by atoms with Gasteiger partial charge < -0.3 is 5.73 Å². The molecule has 102 valence electrons. The Bertz CT molecular complexity index is 545. The molecule has 0 aliphatic rings. The molecule has 1 aromatic rings. The maximum absolute atomic E-state index is 12.2. The smallest absolute Gasteiger partial charge is 0.398 e. The Kier molecular flexibility index (Phi) is 4.29. The highest BCUT2D eigenvalue weighted by atomic mass is 79.9. The number of anilines is 1.